The molecular formula is C18H25N3O2S. The first-order valence-electron chi connectivity index (χ1n) is 8.68. The summed E-state index contributed by atoms with van der Waals surface area (Å²) in [5.74, 6) is 1.30. The van der Waals surface area contributed by atoms with Gasteiger partial charge >= 0.3 is 0 Å². The smallest absolute Gasteiger partial charge is 0.242 e. The molecule has 0 radical (unpaired) electrons. The lowest BCUT2D eigenvalue weighted by Gasteiger charge is -2.35. The molecule has 2 heterocycles. The number of likely N-dealkylation sites (tertiary alicyclic amines) is 1. The molecule has 2 saturated heterocycles. The Kier molecular flexibility index (Phi) is 6.15. The lowest BCUT2D eigenvalue weighted by molar-refractivity contribution is -0.139. The van der Waals surface area contributed by atoms with Crippen molar-refractivity contribution in [3.8, 4) is 0 Å². The molecule has 1 aromatic carbocycles. The van der Waals surface area contributed by atoms with Gasteiger partial charge in [-0.25, -0.2) is 0 Å². The van der Waals surface area contributed by atoms with Crippen molar-refractivity contribution in [3.05, 3.63) is 30.3 Å². The van der Waals surface area contributed by atoms with Crippen LogP contribution in [0.25, 0.3) is 0 Å². The highest BCUT2D eigenvalue weighted by molar-refractivity contribution is 7.99. The van der Waals surface area contributed by atoms with Crippen molar-refractivity contribution in [2.75, 3.05) is 51.6 Å². The van der Waals surface area contributed by atoms with Crippen molar-refractivity contribution in [2.45, 2.75) is 17.7 Å². The van der Waals surface area contributed by atoms with Crippen molar-refractivity contribution in [2.24, 2.45) is 0 Å². The molecular weight excluding hydrogens is 322 g/mol. The number of piperazine rings is 1. The molecule has 0 bridgehead atoms. The second kappa shape index (κ2) is 8.53. The van der Waals surface area contributed by atoms with E-state index in [-0.39, 0.29) is 18.4 Å². The van der Waals surface area contributed by atoms with E-state index in [0.717, 1.165) is 51.4 Å². The van der Waals surface area contributed by atoms with Gasteiger partial charge in [-0.3, -0.25) is 14.5 Å². The summed E-state index contributed by atoms with van der Waals surface area (Å²) in [6.07, 6.45) is 1.49. The van der Waals surface area contributed by atoms with Crippen LogP contribution >= 0.6 is 11.8 Å². The fourth-order valence-electron chi connectivity index (χ4n) is 3.16. The molecule has 5 nitrogen and oxygen atoms in total. The molecule has 0 aromatic heterocycles. The maximum atomic E-state index is 12.3. The van der Waals surface area contributed by atoms with Crippen LogP contribution in [0.5, 0.6) is 0 Å². The molecule has 3 rings (SSSR count). The van der Waals surface area contributed by atoms with Crippen LogP contribution in [0, 0.1) is 0 Å². The van der Waals surface area contributed by atoms with Crippen LogP contribution in [-0.4, -0.2) is 78.1 Å². The Labute approximate surface area is 148 Å². The van der Waals surface area contributed by atoms with Gasteiger partial charge in [0.2, 0.25) is 11.8 Å². The van der Waals surface area contributed by atoms with E-state index in [4.69, 9.17) is 0 Å². The van der Waals surface area contributed by atoms with Gasteiger partial charge in [0.1, 0.15) is 0 Å². The first kappa shape index (κ1) is 17.3. The van der Waals surface area contributed by atoms with Gasteiger partial charge in [-0.2, -0.15) is 0 Å². The van der Waals surface area contributed by atoms with Crippen molar-refractivity contribution >= 4 is 23.6 Å². The average Bonchev–Trinajstić information content (AvgIpc) is 3.01. The van der Waals surface area contributed by atoms with E-state index in [1.807, 2.05) is 22.7 Å². The van der Waals surface area contributed by atoms with Crippen LogP contribution in [0.1, 0.15) is 12.8 Å². The molecule has 0 saturated carbocycles. The second-order valence-electron chi connectivity index (χ2n) is 6.30. The van der Waals surface area contributed by atoms with E-state index >= 15 is 0 Å². The number of benzene rings is 1. The summed E-state index contributed by atoms with van der Waals surface area (Å²) >= 11 is 1.88. The Morgan fingerprint density at radius 1 is 1.04 bits per heavy atom. The number of amides is 2. The van der Waals surface area contributed by atoms with E-state index in [1.165, 1.54) is 4.90 Å². The number of carbonyl (C=O) groups excluding carboxylic acids is 2. The van der Waals surface area contributed by atoms with Gasteiger partial charge in [-0.15, -0.1) is 11.8 Å². The summed E-state index contributed by atoms with van der Waals surface area (Å²) in [5, 5.41) is 0. The van der Waals surface area contributed by atoms with Crippen molar-refractivity contribution in [1.29, 1.82) is 0 Å². The largest absolute Gasteiger partial charge is 0.339 e. The zero-order valence-corrected chi connectivity index (χ0v) is 14.8. The zero-order chi connectivity index (χ0) is 16.8. The Morgan fingerprint density at radius 2 is 1.79 bits per heavy atom. The Morgan fingerprint density at radius 3 is 2.46 bits per heavy atom. The second-order valence-corrected chi connectivity index (χ2v) is 7.47. The van der Waals surface area contributed by atoms with Gasteiger partial charge in [-0.1, -0.05) is 18.2 Å². The molecule has 0 N–H and O–H groups in total. The summed E-state index contributed by atoms with van der Waals surface area (Å²) in [7, 11) is 0. The molecule has 2 aliphatic rings. The lowest BCUT2D eigenvalue weighted by atomic mass is 10.3. The molecule has 130 valence electrons. The van der Waals surface area contributed by atoms with Crippen molar-refractivity contribution in [1.82, 2.24) is 14.7 Å². The number of rotatable bonds is 6. The van der Waals surface area contributed by atoms with E-state index in [1.54, 1.807) is 4.90 Å². The molecule has 24 heavy (non-hydrogen) atoms. The Balaban J connectivity index is 1.34. The number of carbonyl (C=O) groups is 2. The topological polar surface area (TPSA) is 43.9 Å². The Bertz CT molecular complexity index is 559. The normalized spacial score (nSPS) is 19.1. The summed E-state index contributed by atoms with van der Waals surface area (Å²) in [4.78, 5) is 31.3. The maximum Gasteiger partial charge on any atom is 0.242 e. The summed E-state index contributed by atoms with van der Waals surface area (Å²) < 4.78 is 0. The van der Waals surface area contributed by atoms with E-state index in [9.17, 15) is 9.59 Å². The predicted octanol–water partition coefficient (Wildman–Crippen LogP) is 1.55. The number of thioether (sulfide) groups is 1. The number of nitrogens with zero attached hydrogens (tertiary/aromatic N) is 3. The van der Waals surface area contributed by atoms with Gasteiger partial charge in [-0.05, 0) is 18.6 Å². The maximum absolute atomic E-state index is 12.3. The quantitative estimate of drug-likeness (QED) is 0.733. The minimum atomic E-state index is 0.101. The summed E-state index contributed by atoms with van der Waals surface area (Å²) in [6, 6.07) is 10.5. The fourth-order valence-corrected chi connectivity index (χ4v) is 4.10. The first-order chi connectivity index (χ1) is 11.7. The van der Waals surface area contributed by atoms with E-state index in [0.29, 0.717) is 6.42 Å². The van der Waals surface area contributed by atoms with E-state index < -0.39 is 0 Å². The van der Waals surface area contributed by atoms with Crippen LogP contribution in [0.4, 0.5) is 0 Å². The first-order valence-corrected chi connectivity index (χ1v) is 9.67. The fraction of sp³-hybridized carbons (Fsp3) is 0.556. The van der Waals surface area contributed by atoms with Crippen LogP contribution < -0.4 is 0 Å². The predicted molar refractivity (Wildman–Crippen MR) is 96.0 cm³/mol. The van der Waals surface area contributed by atoms with Crippen molar-refractivity contribution in [3.63, 3.8) is 0 Å². The summed E-state index contributed by atoms with van der Waals surface area (Å²) in [5.41, 5.74) is 0. The van der Waals surface area contributed by atoms with Gasteiger partial charge in [0.05, 0.1) is 6.54 Å². The monoisotopic (exact) mass is 347 g/mol. The molecule has 6 heteroatoms. The van der Waals surface area contributed by atoms with Crippen LogP contribution in [0.15, 0.2) is 35.2 Å². The minimum Gasteiger partial charge on any atom is -0.339 e. The molecule has 1 aromatic rings. The van der Waals surface area contributed by atoms with Crippen LogP contribution in [0.2, 0.25) is 0 Å². The lowest BCUT2D eigenvalue weighted by Crippen LogP contribution is -2.51. The van der Waals surface area contributed by atoms with Crippen LogP contribution in [-0.2, 0) is 9.59 Å². The number of hydrogen-bond donors (Lipinski definition) is 0. The van der Waals surface area contributed by atoms with Crippen LogP contribution in [0.3, 0.4) is 0 Å². The molecule has 0 unspecified atom stereocenters. The summed E-state index contributed by atoms with van der Waals surface area (Å²) in [6.45, 7) is 5.45. The third-order valence-electron chi connectivity index (χ3n) is 4.64. The average molecular weight is 347 g/mol. The SMILES string of the molecule is O=C(CN1CCCC1=O)N1CCN(CCSc2ccccc2)CC1. The van der Waals surface area contributed by atoms with E-state index in [2.05, 4.69) is 29.2 Å². The van der Waals surface area contributed by atoms with Gasteiger partial charge < -0.3 is 9.80 Å². The highest BCUT2D eigenvalue weighted by atomic mass is 32.2. The molecule has 0 spiro atoms. The number of hydrogen-bond acceptors (Lipinski definition) is 4. The van der Waals surface area contributed by atoms with Gasteiger partial charge in [0.15, 0.2) is 0 Å². The molecule has 2 aliphatic heterocycles. The highest BCUT2D eigenvalue weighted by Crippen LogP contribution is 2.17. The van der Waals surface area contributed by atoms with Gasteiger partial charge in [0.25, 0.3) is 0 Å². The minimum absolute atomic E-state index is 0.101. The zero-order valence-electron chi connectivity index (χ0n) is 14.0. The van der Waals surface area contributed by atoms with Crippen molar-refractivity contribution < 1.29 is 9.59 Å². The highest BCUT2D eigenvalue weighted by Gasteiger charge is 2.26. The molecule has 2 amide bonds. The standard InChI is InChI=1S/C18H25N3O2S/c22-17-7-4-8-21(17)15-18(23)20-11-9-19(10-12-20)13-14-24-16-5-2-1-3-6-16/h1-3,5-6H,4,7-15H2. The van der Waals surface area contributed by atoms with Gasteiger partial charge in [0, 0.05) is 56.3 Å². The molecule has 0 atom stereocenters. The molecule has 2 fully saturated rings. The molecule has 0 aliphatic carbocycles. The Hall–Kier alpha value is -1.53. The third-order valence-corrected chi connectivity index (χ3v) is 5.63. The third kappa shape index (κ3) is 4.74.